The third-order valence-electron chi connectivity index (χ3n) is 3.86. The lowest BCUT2D eigenvalue weighted by molar-refractivity contribution is 0.317. The standard InChI is InChI=1S/C16H20N4S/c1-3-9-20-15(12-7-10-19(2)11-12)14(18-16(20)21)13-6-4-5-8-17-13/h4-8,10-11,14-15H,3,9H2,1-2H3,(H,18,21). The molecule has 0 saturated carbocycles. The first-order chi connectivity index (χ1) is 10.2. The maximum Gasteiger partial charge on any atom is 0.170 e. The highest BCUT2D eigenvalue weighted by Crippen LogP contribution is 2.38. The number of thiocarbonyl (C=S) groups is 1. The van der Waals surface area contributed by atoms with Crippen LogP contribution >= 0.6 is 12.2 Å². The molecule has 0 spiro atoms. The van der Waals surface area contributed by atoms with E-state index >= 15 is 0 Å². The molecular formula is C16H20N4S. The van der Waals surface area contributed by atoms with Gasteiger partial charge in [-0.3, -0.25) is 4.98 Å². The second kappa shape index (κ2) is 5.85. The topological polar surface area (TPSA) is 33.1 Å². The van der Waals surface area contributed by atoms with Gasteiger partial charge < -0.3 is 14.8 Å². The van der Waals surface area contributed by atoms with Crippen LogP contribution in [0.4, 0.5) is 0 Å². The zero-order chi connectivity index (χ0) is 14.8. The SMILES string of the molecule is CCCN1C(=S)NC(c2ccccn2)C1c1ccn(C)c1. The number of rotatable bonds is 4. The number of nitrogens with zero attached hydrogens (tertiary/aromatic N) is 3. The molecule has 5 heteroatoms. The fourth-order valence-corrected chi connectivity index (χ4v) is 3.28. The molecule has 110 valence electrons. The van der Waals surface area contributed by atoms with Gasteiger partial charge in [-0.2, -0.15) is 0 Å². The molecule has 4 nitrogen and oxygen atoms in total. The van der Waals surface area contributed by atoms with Gasteiger partial charge in [0, 0.05) is 32.2 Å². The molecule has 1 saturated heterocycles. The van der Waals surface area contributed by atoms with Crippen molar-refractivity contribution in [2.24, 2.45) is 7.05 Å². The van der Waals surface area contributed by atoms with Crippen molar-refractivity contribution < 1.29 is 0 Å². The fourth-order valence-electron chi connectivity index (χ4n) is 2.95. The lowest BCUT2D eigenvalue weighted by Crippen LogP contribution is -2.30. The van der Waals surface area contributed by atoms with Crippen molar-refractivity contribution in [3.63, 3.8) is 0 Å². The van der Waals surface area contributed by atoms with Crippen LogP contribution in [-0.4, -0.2) is 26.1 Å². The zero-order valence-corrected chi connectivity index (χ0v) is 13.2. The quantitative estimate of drug-likeness (QED) is 0.880. The van der Waals surface area contributed by atoms with Crippen molar-refractivity contribution in [1.29, 1.82) is 0 Å². The third kappa shape index (κ3) is 2.65. The summed E-state index contributed by atoms with van der Waals surface area (Å²) in [6.45, 7) is 3.13. The predicted molar refractivity (Wildman–Crippen MR) is 87.9 cm³/mol. The Kier molecular flexibility index (Phi) is 3.92. The van der Waals surface area contributed by atoms with Crippen LogP contribution in [0.15, 0.2) is 42.9 Å². The number of hydrogen-bond donors (Lipinski definition) is 1. The Labute approximate surface area is 130 Å². The van der Waals surface area contributed by atoms with Gasteiger partial charge in [-0.25, -0.2) is 0 Å². The van der Waals surface area contributed by atoms with Gasteiger partial charge in [-0.15, -0.1) is 0 Å². The van der Waals surface area contributed by atoms with Crippen molar-refractivity contribution >= 4 is 17.3 Å². The molecule has 1 N–H and O–H groups in total. The van der Waals surface area contributed by atoms with Crippen molar-refractivity contribution in [3.8, 4) is 0 Å². The van der Waals surface area contributed by atoms with Crippen LogP contribution in [0.3, 0.4) is 0 Å². The highest BCUT2D eigenvalue weighted by Gasteiger charge is 2.39. The molecule has 2 unspecified atom stereocenters. The molecule has 0 radical (unpaired) electrons. The van der Waals surface area contributed by atoms with Crippen LogP contribution in [-0.2, 0) is 7.05 Å². The number of hydrogen-bond acceptors (Lipinski definition) is 2. The van der Waals surface area contributed by atoms with E-state index in [-0.39, 0.29) is 12.1 Å². The molecule has 3 heterocycles. The van der Waals surface area contributed by atoms with Crippen LogP contribution in [0.25, 0.3) is 0 Å². The summed E-state index contributed by atoms with van der Waals surface area (Å²) in [7, 11) is 2.05. The summed E-state index contributed by atoms with van der Waals surface area (Å²) < 4.78 is 2.08. The van der Waals surface area contributed by atoms with Gasteiger partial charge in [0.2, 0.25) is 0 Å². The monoisotopic (exact) mass is 300 g/mol. The minimum atomic E-state index is 0.104. The van der Waals surface area contributed by atoms with E-state index in [2.05, 4.69) is 51.2 Å². The first kappa shape index (κ1) is 14.1. The number of nitrogens with one attached hydrogen (secondary N) is 1. The Balaban J connectivity index is 2.00. The first-order valence-electron chi connectivity index (χ1n) is 7.30. The fraction of sp³-hybridized carbons (Fsp3) is 0.375. The number of aryl methyl sites for hydroxylation is 1. The van der Waals surface area contributed by atoms with Crippen molar-refractivity contribution in [1.82, 2.24) is 19.8 Å². The van der Waals surface area contributed by atoms with Crippen molar-refractivity contribution in [2.75, 3.05) is 6.54 Å². The molecule has 0 aliphatic carbocycles. The summed E-state index contributed by atoms with van der Waals surface area (Å²) >= 11 is 5.55. The summed E-state index contributed by atoms with van der Waals surface area (Å²) in [5.74, 6) is 0. The number of pyridine rings is 1. The van der Waals surface area contributed by atoms with Gasteiger partial charge in [0.15, 0.2) is 5.11 Å². The molecular weight excluding hydrogens is 280 g/mol. The summed E-state index contributed by atoms with van der Waals surface area (Å²) in [5, 5.41) is 4.27. The molecule has 1 aliphatic heterocycles. The van der Waals surface area contributed by atoms with Gasteiger partial charge in [-0.1, -0.05) is 13.0 Å². The van der Waals surface area contributed by atoms with E-state index in [1.165, 1.54) is 5.56 Å². The Bertz CT molecular complexity index is 622. The van der Waals surface area contributed by atoms with Crippen LogP contribution in [0.1, 0.15) is 36.7 Å². The summed E-state index contributed by atoms with van der Waals surface area (Å²) in [4.78, 5) is 6.80. The molecule has 1 fully saturated rings. The maximum absolute atomic E-state index is 5.55. The Morgan fingerprint density at radius 1 is 1.33 bits per heavy atom. The Morgan fingerprint density at radius 3 is 2.81 bits per heavy atom. The van der Waals surface area contributed by atoms with Crippen LogP contribution in [0.5, 0.6) is 0 Å². The highest BCUT2D eigenvalue weighted by atomic mass is 32.1. The van der Waals surface area contributed by atoms with Crippen molar-refractivity contribution in [2.45, 2.75) is 25.4 Å². The molecule has 0 aromatic carbocycles. The van der Waals surface area contributed by atoms with Gasteiger partial charge >= 0.3 is 0 Å². The molecule has 0 bridgehead atoms. The zero-order valence-electron chi connectivity index (χ0n) is 12.4. The Hall–Kier alpha value is -1.88. The minimum absolute atomic E-state index is 0.104. The Morgan fingerprint density at radius 2 is 2.19 bits per heavy atom. The number of aromatic nitrogens is 2. The smallest absolute Gasteiger partial charge is 0.170 e. The maximum atomic E-state index is 5.55. The van der Waals surface area contributed by atoms with E-state index in [0.29, 0.717) is 0 Å². The molecule has 2 atom stereocenters. The van der Waals surface area contributed by atoms with Crippen LogP contribution in [0.2, 0.25) is 0 Å². The lowest BCUT2D eigenvalue weighted by Gasteiger charge is -2.26. The van der Waals surface area contributed by atoms with Gasteiger partial charge in [0.05, 0.1) is 17.8 Å². The summed E-state index contributed by atoms with van der Waals surface area (Å²) in [6.07, 6.45) is 7.15. The van der Waals surface area contributed by atoms with Gasteiger partial charge in [0.25, 0.3) is 0 Å². The molecule has 21 heavy (non-hydrogen) atoms. The van der Waals surface area contributed by atoms with Crippen LogP contribution < -0.4 is 5.32 Å². The van der Waals surface area contributed by atoms with E-state index in [4.69, 9.17) is 12.2 Å². The van der Waals surface area contributed by atoms with Crippen molar-refractivity contribution in [3.05, 3.63) is 54.1 Å². The van der Waals surface area contributed by atoms with E-state index < -0.39 is 0 Å². The molecule has 3 rings (SSSR count). The molecule has 2 aromatic heterocycles. The van der Waals surface area contributed by atoms with Gasteiger partial charge in [0.1, 0.15) is 0 Å². The largest absolute Gasteiger partial charge is 0.357 e. The predicted octanol–water partition coefficient (Wildman–Crippen LogP) is 2.80. The van der Waals surface area contributed by atoms with E-state index in [9.17, 15) is 0 Å². The average Bonchev–Trinajstić information content (AvgIpc) is 3.05. The average molecular weight is 300 g/mol. The normalized spacial score (nSPS) is 21.6. The van der Waals surface area contributed by atoms with E-state index in [1.54, 1.807) is 0 Å². The summed E-state index contributed by atoms with van der Waals surface area (Å²) in [6, 6.07) is 8.50. The second-order valence-electron chi connectivity index (χ2n) is 5.43. The lowest BCUT2D eigenvalue weighted by atomic mass is 9.99. The van der Waals surface area contributed by atoms with Gasteiger partial charge in [-0.05, 0) is 42.4 Å². The van der Waals surface area contributed by atoms with E-state index in [1.807, 2.05) is 25.4 Å². The molecule has 2 aromatic rings. The molecule has 1 aliphatic rings. The minimum Gasteiger partial charge on any atom is -0.357 e. The first-order valence-corrected chi connectivity index (χ1v) is 7.71. The third-order valence-corrected chi connectivity index (χ3v) is 4.21. The van der Waals surface area contributed by atoms with Crippen LogP contribution in [0, 0.1) is 0 Å². The second-order valence-corrected chi connectivity index (χ2v) is 5.82. The highest BCUT2D eigenvalue weighted by molar-refractivity contribution is 7.80. The van der Waals surface area contributed by atoms with E-state index in [0.717, 1.165) is 23.8 Å². The summed E-state index contributed by atoms with van der Waals surface area (Å²) in [5.41, 5.74) is 2.31. The molecule has 0 amide bonds.